The van der Waals surface area contributed by atoms with Gasteiger partial charge < -0.3 is 25.0 Å². The van der Waals surface area contributed by atoms with Crippen molar-refractivity contribution in [3.05, 3.63) is 29.8 Å². The number of fused-ring (bicyclic) bond motifs is 1. The van der Waals surface area contributed by atoms with Gasteiger partial charge >= 0.3 is 6.03 Å². The van der Waals surface area contributed by atoms with Crippen LogP contribution in [0.5, 0.6) is 11.5 Å². The maximum atomic E-state index is 12.9. The number of carbonyl (C=O) groups is 1. The van der Waals surface area contributed by atoms with Crippen LogP contribution in [0.15, 0.2) is 24.3 Å². The number of piperidine rings is 1. The van der Waals surface area contributed by atoms with Crippen LogP contribution in [0.25, 0.3) is 5.57 Å². The summed E-state index contributed by atoms with van der Waals surface area (Å²) in [5, 5.41) is 6.94. The molecule has 29 heavy (non-hydrogen) atoms. The minimum atomic E-state index is 0.0207. The summed E-state index contributed by atoms with van der Waals surface area (Å²) in [7, 11) is 0. The van der Waals surface area contributed by atoms with Gasteiger partial charge in [0.15, 0.2) is 11.5 Å². The maximum absolute atomic E-state index is 12.9. The lowest BCUT2D eigenvalue weighted by atomic mass is 9.79. The van der Waals surface area contributed by atoms with E-state index in [-0.39, 0.29) is 23.2 Å². The molecule has 1 aromatic rings. The van der Waals surface area contributed by atoms with Gasteiger partial charge in [0.2, 0.25) is 0 Å². The van der Waals surface area contributed by atoms with Crippen molar-refractivity contribution < 1.29 is 14.3 Å². The van der Waals surface area contributed by atoms with Crippen LogP contribution in [-0.4, -0.2) is 54.4 Å². The monoisotopic (exact) mass is 399 g/mol. The number of urea groups is 1. The van der Waals surface area contributed by atoms with Crippen molar-refractivity contribution >= 4 is 11.6 Å². The van der Waals surface area contributed by atoms with E-state index in [1.807, 2.05) is 11.0 Å². The molecule has 0 aliphatic carbocycles. The van der Waals surface area contributed by atoms with Gasteiger partial charge in [0.25, 0.3) is 0 Å². The van der Waals surface area contributed by atoms with Gasteiger partial charge in [-0.05, 0) is 70.2 Å². The molecule has 1 fully saturated rings. The smallest absolute Gasteiger partial charge is 0.317 e. The summed E-state index contributed by atoms with van der Waals surface area (Å²) in [6.45, 7) is 11.4. The van der Waals surface area contributed by atoms with Crippen molar-refractivity contribution in [3.8, 4) is 11.5 Å². The van der Waals surface area contributed by atoms with Crippen LogP contribution in [0.1, 0.15) is 52.5 Å². The Bertz CT molecular complexity index is 800. The molecule has 0 aromatic heterocycles. The molecule has 6 nitrogen and oxygen atoms in total. The first-order valence-corrected chi connectivity index (χ1v) is 10.6. The Labute approximate surface area is 173 Å². The number of nitrogens with zero attached hydrogens (tertiary/aromatic N) is 1. The molecule has 0 unspecified atom stereocenters. The van der Waals surface area contributed by atoms with E-state index in [9.17, 15) is 4.79 Å². The molecule has 3 heterocycles. The molecule has 0 bridgehead atoms. The standard InChI is InChI=1S/C23H33N3O3/c1-22(2)14-18(15-23(3,4)25-22)24-21(27)26-9-7-16(8-10-26)17-5-6-19-20(13-17)29-12-11-28-19/h5-7,13,18,25H,8-12,14-15H2,1-4H3,(H,24,27). The van der Waals surface area contributed by atoms with Crippen LogP contribution in [-0.2, 0) is 0 Å². The Morgan fingerprint density at radius 2 is 1.79 bits per heavy atom. The second-order valence-corrected chi connectivity index (χ2v) is 9.73. The Hall–Kier alpha value is -2.21. The largest absolute Gasteiger partial charge is 0.486 e. The van der Waals surface area contributed by atoms with E-state index in [1.165, 1.54) is 5.57 Å². The minimum Gasteiger partial charge on any atom is -0.486 e. The number of carbonyl (C=O) groups excluding carboxylic acids is 1. The zero-order chi connectivity index (χ0) is 20.6. The number of nitrogens with one attached hydrogen (secondary N) is 2. The van der Waals surface area contributed by atoms with Crippen LogP contribution in [0.2, 0.25) is 0 Å². The number of hydrogen-bond donors (Lipinski definition) is 2. The first kappa shape index (κ1) is 20.1. The summed E-state index contributed by atoms with van der Waals surface area (Å²) in [4.78, 5) is 14.8. The molecule has 3 aliphatic rings. The zero-order valence-electron chi connectivity index (χ0n) is 18.0. The molecule has 0 atom stereocenters. The van der Waals surface area contributed by atoms with Crippen molar-refractivity contribution in [3.63, 3.8) is 0 Å². The second-order valence-electron chi connectivity index (χ2n) is 9.73. The van der Waals surface area contributed by atoms with Crippen LogP contribution in [0.4, 0.5) is 4.79 Å². The minimum absolute atomic E-state index is 0.0207. The third kappa shape index (κ3) is 4.69. The lowest BCUT2D eigenvalue weighted by Gasteiger charge is -2.47. The molecule has 0 spiro atoms. The number of ether oxygens (including phenoxy) is 2. The molecule has 0 saturated carbocycles. The Morgan fingerprint density at radius 1 is 1.10 bits per heavy atom. The van der Waals surface area contributed by atoms with E-state index in [4.69, 9.17) is 9.47 Å². The van der Waals surface area contributed by atoms with Crippen molar-refractivity contribution in [1.82, 2.24) is 15.5 Å². The van der Waals surface area contributed by atoms with Crippen molar-refractivity contribution in [2.45, 2.75) is 64.1 Å². The highest BCUT2D eigenvalue weighted by Gasteiger charge is 2.38. The number of rotatable bonds is 2. The molecular formula is C23H33N3O3. The molecular weight excluding hydrogens is 366 g/mol. The van der Waals surface area contributed by atoms with Crippen LogP contribution in [0, 0.1) is 0 Å². The number of amides is 2. The molecule has 158 valence electrons. The summed E-state index contributed by atoms with van der Waals surface area (Å²) in [6, 6.07) is 6.34. The lowest BCUT2D eigenvalue weighted by molar-refractivity contribution is 0.140. The third-order valence-electron chi connectivity index (χ3n) is 5.93. The summed E-state index contributed by atoms with van der Waals surface area (Å²) in [5.41, 5.74) is 2.45. The lowest BCUT2D eigenvalue weighted by Crippen LogP contribution is -2.63. The van der Waals surface area contributed by atoms with Crippen molar-refractivity contribution in [2.24, 2.45) is 0 Å². The van der Waals surface area contributed by atoms with Gasteiger partial charge in [-0.25, -0.2) is 4.79 Å². The van der Waals surface area contributed by atoms with E-state index < -0.39 is 0 Å². The maximum Gasteiger partial charge on any atom is 0.317 e. The quantitative estimate of drug-likeness (QED) is 0.798. The van der Waals surface area contributed by atoms with Crippen LogP contribution < -0.4 is 20.1 Å². The average Bonchev–Trinajstić information content (AvgIpc) is 2.65. The molecule has 2 N–H and O–H groups in total. The fourth-order valence-electron chi connectivity index (χ4n) is 5.05. The third-order valence-corrected chi connectivity index (χ3v) is 5.93. The van der Waals surface area contributed by atoms with E-state index in [2.05, 4.69) is 56.5 Å². The van der Waals surface area contributed by atoms with Crippen LogP contribution in [0.3, 0.4) is 0 Å². The highest BCUT2D eigenvalue weighted by Crippen LogP contribution is 2.34. The highest BCUT2D eigenvalue weighted by molar-refractivity contribution is 5.77. The first-order chi connectivity index (χ1) is 13.7. The van der Waals surface area contributed by atoms with Gasteiger partial charge in [0.05, 0.1) is 0 Å². The highest BCUT2D eigenvalue weighted by atomic mass is 16.6. The van der Waals surface area contributed by atoms with E-state index in [0.29, 0.717) is 19.8 Å². The molecule has 1 saturated heterocycles. The molecule has 4 rings (SSSR count). The van der Waals surface area contributed by atoms with E-state index >= 15 is 0 Å². The summed E-state index contributed by atoms with van der Waals surface area (Å²) in [6.07, 6.45) is 4.88. The SMILES string of the molecule is CC1(C)CC(NC(=O)N2CC=C(c3ccc4c(c3)OCCO4)CC2)CC(C)(C)N1. The zero-order valence-corrected chi connectivity index (χ0v) is 18.0. The molecule has 6 heteroatoms. The number of benzene rings is 1. The van der Waals surface area contributed by atoms with Crippen molar-refractivity contribution in [2.75, 3.05) is 26.3 Å². The van der Waals surface area contributed by atoms with Gasteiger partial charge in [-0.15, -0.1) is 0 Å². The van der Waals surface area contributed by atoms with Gasteiger partial charge in [-0.2, -0.15) is 0 Å². The predicted octanol–water partition coefficient (Wildman–Crippen LogP) is 3.57. The molecule has 1 aromatic carbocycles. The summed E-state index contributed by atoms with van der Waals surface area (Å²) < 4.78 is 11.3. The van der Waals surface area contributed by atoms with Gasteiger partial charge in [-0.1, -0.05) is 12.1 Å². The molecule has 2 amide bonds. The van der Waals surface area contributed by atoms with Gasteiger partial charge in [-0.3, -0.25) is 0 Å². The fraction of sp³-hybridized carbons (Fsp3) is 0.609. The van der Waals surface area contributed by atoms with Gasteiger partial charge in [0, 0.05) is 30.2 Å². The average molecular weight is 400 g/mol. The molecule has 3 aliphatic heterocycles. The normalized spacial score (nSPS) is 23.3. The van der Waals surface area contributed by atoms with E-state index in [0.717, 1.165) is 42.9 Å². The van der Waals surface area contributed by atoms with E-state index in [1.54, 1.807) is 0 Å². The topological polar surface area (TPSA) is 62.8 Å². The van der Waals surface area contributed by atoms with Gasteiger partial charge in [0.1, 0.15) is 13.2 Å². The Kier molecular flexibility index (Phi) is 5.23. The summed E-state index contributed by atoms with van der Waals surface area (Å²) in [5.74, 6) is 1.62. The summed E-state index contributed by atoms with van der Waals surface area (Å²) >= 11 is 0. The fourth-order valence-corrected chi connectivity index (χ4v) is 5.05. The second kappa shape index (κ2) is 7.56. The Balaban J connectivity index is 1.37. The Morgan fingerprint density at radius 3 is 2.45 bits per heavy atom. The van der Waals surface area contributed by atoms with Crippen LogP contribution >= 0.6 is 0 Å². The first-order valence-electron chi connectivity index (χ1n) is 10.6. The predicted molar refractivity (Wildman–Crippen MR) is 114 cm³/mol. The number of hydrogen-bond acceptors (Lipinski definition) is 4. The van der Waals surface area contributed by atoms with Crippen molar-refractivity contribution in [1.29, 1.82) is 0 Å². The molecule has 0 radical (unpaired) electrons.